The van der Waals surface area contributed by atoms with Crippen molar-refractivity contribution in [3.63, 3.8) is 0 Å². The van der Waals surface area contributed by atoms with E-state index in [-0.39, 0.29) is 11.2 Å². The van der Waals surface area contributed by atoms with Crippen molar-refractivity contribution in [2.24, 2.45) is 5.92 Å². The van der Waals surface area contributed by atoms with Crippen LogP contribution in [-0.2, 0) is 9.53 Å². The highest BCUT2D eigenvalue weighted by Gasteiger charge is 2.48. The Balaban J connectivity index is 1.80. The lowest BCUT2D eigenvalue weighted by Crippen LogP contribution is -2.51. The molecule has 34 heavy (non-hydrogen) atoms. The molecule has 4 unspecified atom stereocenters. The van der Waals surface area contributed by atoms with E-state index in [1.165, 1.54) is 36.0 Å². The highest BCUT2D eigenvalue weighted by molar-refractivity contribution is 5.85. The molecule has 192 valence electrons. The van der Waals surface area contributed by atoms with Gasteiger partial charge in [0.25, 0.3) is 0 Å². The molecule has 0 radical (unpaired) electrons. The summed E-state index contributed by atoms with van der Waals surface area (Å²) in [5.41, 5.74) is 4.84. The van der Waals surface area contributed by atoms with E-state index < -0.39 is 12.1 Å². The number of carbonyl (C=O) groups is 1. The average Bonchev–Trinajstić information content (AvgIpc) is 2.78. The molecule has 1 saturated heterocycles. The van der Waals surface area contributed by atoms with Crippen molar-refractivity contribution in [3.8, 4) is 0 Å². The molecule has 2 N–H and O–H groups in total. The quantitative estimate of drug-likeness (QED) is 0.226. The van der Waals surface area contributed by atoms with E-state index in [0.717, 1.165) is 50.5 Å². The van der Waals surface area contributed by atoms with Crippen molar-refractivity contribution < 1.29 is 19.7 Å². The normalized spacial score (nSPS) is 29.1. The molecule has 0 aromatic rings. The van der Waals surface area contributed by atoms with Gasteiger partial charge in [-0.2, -0.15) is 0 Å². The summed E-state index contributed by atoms with van der Waals surface area (Å²) in [4.78, 5) is 10.9. The van der Waals surface area contributed by atoms with E-state index in [1.54, 1.807) is 6.92 Å². The average molecular weight is 473 g/mol. The van der Waals surface area contributed by atoms with E-state index in [4.69, 9.17) is 9.84 Å². The first-order valence-corrected chi connectivity index (χ1v) is 13.3. The molecule has 0 aromatic heterocycles. The Morgan fingerprint density at radius 3 is 2.59 bits per heavy atom. The fourth-order valence-corrected chi connectivity index (χ4v) is 5.56. The summed E-state index contributed by atoms with van der Waals surface area (Å²) in [6.45, 7) is 14.8. The molecule has 2 aliphatic rings. The third kappa shape index (κ3) is 7.18. The number of rotatable bonds is 12. The van der Waals surface area contributed by atoms with Crippen molar-refractivity contribution in [2.45, 2.75) is 130 Å². The molecule has 4 atom stereocenters. The van der Waals surface area contributed by atoms with Crippen LogP contribution in [0.15, 0.2) is 46.1 Å². The fraction of sp³-hybridized carbons (Fsp3) is 0.700. The largest absolute Gasteiger partial charge is 0.478 e. The number of allylic oxidation sites excluding steroid dienone is 3. The van der Waals surface area contributed by atoms with Gasteiger partial charge in [-0.3, -0.25) is 0 Å². The maximum atomic E-state index is 10.9. The van der Waals surface area contributed by atoms with E-state index >= 15 is 0 Å². The van der Waals surface area contributed by atoms with Crippen LogP contribution in [0.4, 0.5) is 0 Å². The Kier molecular flexibility index (Phi) is 10.4. The molecule has 0 saturated carbocycles. The minimum atomic E-state index is -0.830. The number of aliphatic hydroxyl groups is 1. The summed E-state index contributed by atoms with van der Waals surface area (Å²) >= 11 is 0. The first-order chi connectivity index (χ1) is 15.9. The van der Waals surface area contributed by atoms with Crippen molar-refractivity contribution in [1.82, 2.24) is 0 Å². The zero-order valence-corrected chi connectivity index (χ0v) is 22.7. The molecule has 2 rings (SSSR count). The molecular weight excluding hydrogens is 424 g/mol. The number of aliphatic hydroxyl groups excluding tert-OH is 1. The lowest BCUT2D eigenvalue weighted by Gasteiger charge is -2.51. The number of hydrogen-bond acceptors (Lipinski definition) is 3. The summed E-state index contributed by atoms with van der Waals surface area (Å²) in [6, 6.07) is 0. The van der Waals surface area contributed by atoms with Crippen LogP contribution in [0.1, 0.15) is 113 Å². The molecular formula is C30H48O4. The summed E-state index contributed by atoms with van der Waals surface area (Å²) < 4.78 is 6.92. The number of ether oxygens (including phenoxy) is 1. The molecule has 4 heteroatoms. The maximum Gasteiger partial charge on any atom is 0.330 e. The van der Waals surface area contributed by atoms with Gasteiger partial charge >= 0.3 is 5.97 Å². The lowest BCUT2D eigenvalue weighted by molar-refractivity contribution is -0.144. The van der Waals surface area contributed by atoms with Gasteiger partial charge in [0.15, 0.2) is 0 Å². The minimum absolute atomic E-state index is 0.116. The minimum Gasteiger partial charge on any atom is -0.478 e. The molecule has 0 spiro atoms. The molecule has 4 nitrogen and oxygen atoms in total. The van der Waals surface area contributed by atoms with Crippen molar-refractivity contribution in [1.29, 1.82) is 0 Å². The topological polar surface area (TPSA) is 66.8 Å². The highest BCUT2D eigenvalue weighted by Crippen LogP contribution is 2.50. The number of fused-ring (bicyclic) bond motifs is 1. The SMILES string of the molecule is CCC12OC(C)(CCCC(C)CC/C=C(\C)CC/C=C(\C)C(=O)O)CCC1=CC(O)C(C)=C2C. The van der Waals surface area contributed by atoms with Gasteiger partial charge in [0.1, 0.15) is 5.60 Å². The maximum absolute atomic E-state index is 10.9. The van der Waals surface area contributed by atoms with E-state index in [2.05, 4.69) is 40.7 Å². The van der Waals surface area contributed by atoms with Gasteiger partial charge in [-0.1, -0.05) is 44.4 Å². The van der Waals surface area contributed by atoms with Crippen LogP contribution in [0, 0.1) is 5.92 Å². The predicted octanol–water partition coefficient (Wildman–Crippen LogP) is 7.69. The highest BCUT2D eigenvalue weighted by atomic mass is 16.5. The standard InChI is InChI=1S/C30H48O4/c1-8-30-25(6)24(5)27(31)20-26(30)17-19-29(7,34-30)18-11-15-22(3)13-9-12-21(2)14-10-16-23(4)28(32)33/h12,16,20,22,27,31H,8-11,13-15,17-19H2,1-7H3,(H,32,33)/b21-12+,23-16+. The van der Waals surface area contributed by atoms with Crippen LogP contribution in [0.2, 0.25) is 0 Å². The number of carboxylic acid groups (broad SMARTS) is 1. The molecule has 1 heterocycles. The molecule has 1 aliphatic heterocycles. The van der Waals surface area contributed by atoms with E-state index in [1.807, 2.05) is 19.1 Å². The number of hydrogen-bond donors (Lipinski definition) is 2. The van der Waals surface area contributed by atoms with Gasteiger partial charge in [0.2, 0.25) is 0 Å². The van der Waals surface area contributed by atoms with Gasteiger partial charge in [0.05, 0.1) is 11.7 Å². The third-order valence-corrected chi connectivity index (χ3v) is 8.24. The van der Waals surface area contributed by atoms with E-state index in [9.17, 15) is 9.90 Å². The monoisotopic (exact) mass is 472 g/mol. The molecule has 0 bridgehead atoms. The lowest BCUT2D eigenvalue weighted by atomic mass is 9.70. The van der Waals surface area contributed by atoms with Crippen molar-refractivity contribution in [2.75, 3.05) is 0 Å². The second kappa shape index (κ2) is 12.4. The summed E-state index contributed by atoms with van der Waals surface area (Å²) in [7, 11) is 0. The second-order valence-corrected chi connectivity index (χ2v) is 11.0. The van der Waals surface area contributed by atoms with Gasteiger partial charge in [-0.05, 0) is 115 Å². The van der Waals surface area contributed by atoms with Crippen molar-refractivity contribution >= 4 is 5.97 Å². The molecule has 1 aliphatic carbocycles. The Morgan fingerprint density at radius 2 is 1.94 bits per heavy atom. The predicted molar refractivity (Wildman–Crippen MR) is 141 cm³/mol. The summed E-state index contributed by atoms with van der Waals surface area (Å²) in [5.74, 6) is -0.154. The zero-order valence-electron chi connectivity index (χ0n) is 22.7. The Morgan fingerprint density at radius 1 is 1.24 bits per heavy atom. The second-order valence-electron chi connectivity index (χ2n) is 11.0. The zero-order chi connectivity index (χ0) is 25.5. The summed E-state index contributed by atoms with van der Waals surface area (Å²) in [6.07, 6.45) is 16.1. The van der Waals surface area contributed by atoms with Gasteiger partial charge in [-0.25, -0.2) is 4.79 Å². The first kappa shape index (κ1) is 28.6. The van der Waals surface area contributed by atoms with Crippen LogP contribution < -0.4 is 0 Å². The van der Waals surface area contributed by atoms with Gasteiger partial charge in [-0.15, -0.1) is 0 Å². The summed E-state index contributed by atoms with van der Waals surface area (Å²) in [5, 5.41) is 19.3. The number of aliphatic carboxylic acids is 1. The van der Waals surface area contributed by atoms with Crippen LogP contribution in [0.5, 0.6) is 0 Å². The van der Waals surface area contributed by atoms with Gasteiger partial charge < -0.3 is 14.9 Å². The third-order valence-electron chi connectivity index (χ3n) is 8.24. The smallest absolute Gasteiger partial charge is 0.330 e. The fourth-order valence-electron chi connectivity index (χ4n) is 5.56. The first-order valence-electron chi connectivity index (χ1n) is 13.3. The number of carboxylic acids is 1. The molecule has 0 amide bonds. The Hall–Kier alpha value is -1.65. The molecule has 0 aromatic carbocycles. The van der Waals surface area contributed by atoms with Crippen LogP contribution >= 0.6 is 0 Å². The van der Waals surface area contributed by atoms with Crippen LogP contribution in [0.3, 0.4) is 0 Å². The van der Waals surface area contributed by atoms with Crippen molar-refractivity contribution in [3.05, 3.63) is 46.1 Å². The molecule has 1 fully saturated rings. The Labute approximate surface area is 207 Å². The van der Waals surface area contributed by atoms with Crippen LogP contribution in [0.25, 0.3) is 0 Å². The van der Waals surface area contributed by atoms with Crippen LogP contribution in [-0.4, -0.2) is 33.5 Å². The van der Waals surface area contributed by atoms with Gasteiger partial charge in [0, 0.05) is 5.57 Å². The Bertz CT molecular complexity index is 846. The van der Waals surface area contributed by atoms with E-state index in [0.29, 0.717) is 11.5 Å².